The molecule has 4 nitrogen and oxygen atoms in total. The number of hydrogen-bond donors (Lipinski definition) is 1. The molecule has 1 aromatic rings. The molecule has 0 atom stereocenters. The molecule has 0 unspecified atom stereocenters. The van der Waals surface area contributed by atoms with Gasteiger partial charge in [0.25, 0.3) is 0 Å². The van der Waals surface area contributed by atoms with Crippen molar-refractivity contribution in [1.29, 1.82) is 0 Å². The number of rotatable bonds is 6. The van der Waals surface area contributed by atoms with Crippen LogP contribution in [0, 0.1) is 0 Å². The lowest BCUT2D eigenvalue weighted by Gasteiger charge is -2.03. The van der Waals surface area contributed by atoms with E-state index in [1.807, 2.05) is 31.2 Å². The number of carboxylic acid groups (broad SMARTS) is 1. The van der Waals surface area contributed by atoms with Crippen molar-refractivity contribution in [3.8, 4) is 0 Å². The quantitative estimate of drug-likeness (QED) is 0.832. The van der Waals surface area contributed by atoms with Crippen molar-refractivity contribution in [3.05, 3.63) is 35.4 Å². The Hall–Kier alpha value is -1.36. The second-order valence-electron chi connectivity index (χ2n) is 3.91. The van der Waals surface area contributed by atoms with Crippen LogP contribution in [0.3, 0.4) is 0 Å². The van der Waals surface area contributed by atoms with Crippen LogP contribution in [0.2, 0.25) is 0 Å². The van der Waals surface area contributed by atoms with Crippen LogP contribution < -0.4 is 0 Å². The lowest BCUT2D eigenvalue weighted by atomic mass is 10.1. The molecule has 0 radical (unpaired) electrons. The molecular formula is C12H16O4S. The van der Waals surface area contributed by atoms with E-state index in [0.29, 0.717) is 6.42 Å². The summed E-state index contributed by atoms with van der Waals surface area (Å²) in [5, 5.41) is 8.44. The molecular weight excluding hydrogens is 240 g/mol. The molecule has 1 rings (SSSR count). The maximum Gasteiger partial charge on any atom is 0.318 e. The fourth-order valence-corrected chi connectivity index (χ4v) is 2.54. The van der Waals surface area contributed by atoms with Crippen molar-refractivity contribution >= 4 is 15.8 Å². The molecule has 0 saturated heterocycles. The van der Waals surface area contributed by atoms with Gasteiger partial charge in [-0.15, -0.1) is 0 Å². The largest absolute Gasteiger partial charge is 0.480 e. The highest BCUT2D eigenvalue weighted by Crippen LogP contribution is 2.07. The third-order valence-electron chi connectivity index (χ3n) is 2.48. The fourth-order valence-electron chi connectivity index (χ4n) is 1.48. The second kappa shape index (κ2) is 5.82. The van der Waals surface area contributed by atoms with Crippen molar-refractivity contribution < 1.29 is 18.3 Å². The smallest absolute Gasteiger partial charge is 0.318 e. The predicted molar refractivity (Wildman–Crippen MR) is 65.8 cm³/mol. The molecule has 0 heterocycles. The summed E-state index contributed by atoms with van der Waals surface area (Å²) in [7, 11) is -3.49. The molecule has 0 aliphatic rings. The second-order valence-corrected chi connectivity index (χ2v) is 6.09. The maximum absolute atomic E-state index is 11.4. The highest BCUT2D eigenvalue weighted by atomic mass is 32.2. The summed E-state index contributed by atoms with van der Waals surface area (Å²) in [4.78, 5) is 10.3. The van der Waals surface area contributed by atoms with Gasteiger partial charge in [-0.2, -0.15) is 0 Å². The van der Waals surface area contributed by atoms with E-state index in [1.54, 1.807) is 0 Å². The summed E-state index contributed by atoms with van der Waals surface area (Å²) in [6, 6.07) is 7.68. The number of hydrogen-bond acceptors (Lipinski definition) is 3. The van der Waals surface area contributed by atoms with Crippen molar-refractivity contribution in [2.45, 2.75) is 19.8 Å². The van der Waals surface area contributed by atoms with Gasteiger partial charge in [0.1, 0.15) is 5.75 Å². The molecule has 0 bridgehead atoms. The number of sulfone groups is 1. The van der Waals surface area contributed by atoms with Gasteiger partial charge in [0.05, 0.1) is 5.75 Å². The molecule has 0 aliphatic heterocycles. The highest BCUT2D eigenvalue weighted by Gasteiger charge is 2.15. The van der Waals surface area contributed by atoms with E-state index in [4.69, 9.17) is 5.11 Å². The summed E-state index contributed by atoms with van der Waals surface area (Å²) in [6.45, 7) is 2.05. The Morgan fingerprint density at radius 2 is 1.71 bits per heavy atom. The van der Waals surface area contributed by atoms with E-state index < -0.39 is 21.6 Å². The molecule has 17 heavy (non-hydrogen) atoms. The monoisotopic (exact) mass is 256 g/mol. The van der Waals surface area contributed by atoms with Crippen LogP contribution in [0.1, 0.15) is 18.1 Å². The van der Waals surface area contributed by atoms with E-state index in [0.717, 1.165) is 12.0 Å². The lowest BCUT2D eigenvalue weighted by Crippen LogP contribution is -2.19. The summed E-state index contributed by atoms with van der Waals surface area (Å²) < 4.78 is 22.7. The first-order valence-electron chi connectivity index (χ1n) is 5.43. The standard InChI is InChI=1S/C12H16O4S/c1-2-10-3-5-11(6-4-10)7-8-17(15,16)9-12(13)14/h3-6H,2,7-9H2,1H3,(H,13,14). The molecule has 94 valence electrons. The van der Waals surface area contributed by atoms with E-state index >= 15 is 0 Å². The van der Waals surface area contributed by atoms with E-state index in [1.165, 1.54) is 5.56 Å². The normalized spacial score (nSPS) is 11.4. The minimum atomic E-state index is -3.49. The first kappa shape index (κ1) is 13.7. The molecule has 0 amide bonds. The Bertz CT molecular complexity index is 474. The summed E-state index contributed by atoms with van der Waals surface area (Å²) in [6.07, 6.45) is 1.30. The van der Waals surface area contributed by atoms with Crippen LogP contribution >= 0.6 is 0 Å². The Morgan fingerprint density at radius 1 is 1.18 bits per heavy atom. The third kappa shape index (κ3) is 4.99. The third-order valence-corrected chi connectivity index (χ3v) is 3.99. The van der Waals surface area contributed by atoms with Crippen LogP contribution in [0.4, 0.5) is 0 Å². The van der Waals surface area contributed by atoms with Crippen LogP contribution in [-0.2, 0) is 27.5 Å². The maximum atomic E-state index is 11.4. The Morgan fingerprint density at radius 3 is 2.18 bits per heavy atom. The molecule has 1 aromatic carbocycles. The van der Waals surface area contributed by atoms with Crippen LogP contribution in [-0.4, -0.2) is 31.0 Å². The van der Waals surface area contributed by atoms with Crippen molar-refractivity contribution in [3.63, 3.8) is 0 Å². The molecule has 0 aromatic heterocycles. The Balaban J connectivity index is 2.58. The number of aryl methyl sites for hydroxylation is 2. The van der Waals surface area contributed by atoms with Gasteiger partial charge in [0, 0.05) is 0 Å². The minimum Gasteiger partial charge on any atom is -0.480 e. The van der Waals surface area contributed by atoms with Gasteiger partial charge in [-0.1, -0.05) is 31.2 Å². The zero-order valence-electron chi connectivity index (χ0n) is 9.72. The van der Waals surface area contributed by atoms with Gasteiger partial charge in [-0.25, -0.2) is 8.42 Å². The van der Waals surface area contributed by atoms with Gasteiger partial charge in [0.15, 0.2) is 9.84 Å². The van der Waals surface area contributed by atoms with E-state index in [-0.39, 0.29) is 5.75 Å². The lowest BCUT2D eigenvalue weighted by molar-refractivity contribution is -0.134. The highest BCUT2D eigenvalue weighted by molar-refractivity contribution is 7.92. The van der Waals surface area contributed by atoms with Gasteiger partial charge >= 0.3 is 5.97 Å². The first-order valence-corrected chi connectivity index (χ1v) is 7.25. The molecule has 0 spiro atoms. The minimum absolute atomic E-state index is 0.120. The zero-order chi connectivity index (χ0) is 12.9. The van der Waals surface area contributed by atoms with Crippen molar-refractivity contribution in [2.24, 2.45) is 0 Å². The number of carbonyl (C=O) groups is 1. The van der Waals surface area contributed by atoms with Crippen LogP contribution in [0.5, 0.6) is 0 Å². The van der Waals surface area contributed by atoms with Gasteiger partial charge in [0.2, 0.25) is 0 Å². The van der Waals surface area contributed by atoms with Gasteiger partial charge in [-0.05, 0) is 24.0 Å². The Labute approximate surface area is 101 Å². The van der Waals surface area contributed by atoms with Crippen molar-refractivity contribution in [1.82, 2.24) is 0 Å². The number of aliphatic carboxylic acids is 1. The van der Waals surface area contributed by atoms with Gasteiger partial charge < -0.3 is 5.11 Å². The molecule has 1 N–H and O–H groups in total. The summed E-state index contributed by atoms with van der Waals surface area (Å²) in [5.41, 5.74) is 2.11. The molecule has 5 heteroatoms. The first-order chi connectivity index (χ1) is 7.93. The molecule has 0 saturated carbocycles. The molecule has 0 aliphatic carbocycles. The topological polar surface area (TPSA) is 71.4 Å². The molecule has 0 fully saturated rings. The van der Waals surface area contributed by atoms with E-state index in [9.17, 15) is 13.2 Å². The average molecular weight is 256 g/mol. The number of carboxylic acids is 1. The average Bonchev–Trinajstić information content (AvgIpc) is 2.25. The van der Waals surface area contributed by atoms with E-state index in [2.05, 4.69) is 0 Å². The SMILES string of the molecule is CCc1ccc(CCS(=O)(=O)CC(=O)O)cc1. The van der Waals surface area contributed by atoms with Crippen LogP contribution in [0.25, 0.3) is 0 Å². The summed E-state index contributed by atoms with van der Waals surface area (Å²) >= 11 is 0. The van der Waals surface area contributed by atoms with Gasteiger partial charge in [-0.3, -0.25) is 4.79 Å². The Kier molecular flexibility index (Phi) is 4.69. The summed E-state index contributed by atoms with van der Waals surface area (Å²) in [5.74, 6) is -2.21. The van der Waals surface area contributed by atoms with Crippen molar-refractivity contribution in [2.75, 3.05) is 11.5 Å². The van der Waals surface area contributed by atoms with Crippen LogP contribution in [0.15, 0.2) is 24.3 Å². The fraction of sp³-hybridized carbons (Fsp3) is 0.417. The zero-order valence-corrected chi connectivity index (χ0v) is 10.5. The number of benzene rings is 1. The predicted octanol–water partition coefficient (Wildman–Crippen LogP) is 1.29.